The van der Waals surface area contributed by atoms with E-state index < -0.39 is 0 Å². The Bertz CT molecular complexity index is 752. The molecule has 2 rings (SSSR count). The summed E-state index contributed by atoms with van der Waals surface area (Å²) in [6, 6.07) is 10.5. The summed E-state index contributed by atoms with van der Waals surface area (Å²) in [5.74, 6) is -0.204. The third-order valence-electron chi connectivity index (χ3n) is 3.66. The van der Waals surface area contributed by atoms with Gasteiger partial charge in [0.05, 0.1) is 12.7 Å². The topological polar surface area (TPSA) is 100 Å². The van der Waals surface area contributed by atoms with Gasteiger partial charge in [-0.15, -0.1) is 0 Å². The van der Waals surface area contributed by atoms with Crippen LogP contribution >= 0.6 is 0 Å². The lowest BCUT2D eigenvalue weighted by molar-refractivity contribution is -0.121. The van der Waals surface area contributed by atoms with Gasteiger partial charge in [0.1, 0.15) is 0 Å². The number of amides is 3. The van der Waals surface area contributed by atoms with E-state index >= 15 is 0 Å². The summed E-state index contributed by atoms with van der Waals surface area (Å²) in [7, 11) is 0. The molecule has 0 atom stereocenters. The van der Waals surface area contributed by atoms with Crippen molar-refractivity contribution in [2.45, 2.75) is 39.2 Å². The molecule has 0 spiro atoms. The molecule has 0 aliphatic heterocycles. The Morgan fingerprint density at radius 3 is 2.41 bits per heavy atom. The van der Waals surface area contributed by atoms with Crippen LogP contribution in [0, 0.1) is 0 Å². The largest absolute Gasteiger partial charge is 0.459 e. The van der Waals surface area contributed by atoms with Crippen LogP contribution in [0.4, 0.5) is 5.69 Å². The molecule has 0 unspecified atom stereocenters. The van der Waals surface area contributed by atoms with Gasteiger partial charge in [0.25, 0.3) is 5.91 Å². The molecule has 0 saturated carbocycles. The molecule has 0 bridgehead atoms. The van der Waals surface area contributed by atoms with Crippen LogP contribution in [0.3, 0.4) is 0 Å². The van der Waals surface area contributed by atoms with Gasteiger partial charge < -0.3 is 20.4 Å². The van der Waals surface area contributed by atoms with Crippen LogP contribution in [0.1, 0.15) is 42.8 Å². The zero-order valence-electron chi connectivity index (χ0n) is 15.6. The van der Waals surface area contributed by atoms with E-state index in [1.54, 1.807) is 24.3 Å². The monoisotopic (exact) mass is 371 g/mol. The summed E-state index contributed by atoms with van der Waals surface area (Å²) >= 11 is 0. The summed E-state index contributed by atoms with van der Waals surface area (Å²) in [5.41, 5.74) is 1.56. The van der Waals surface area contributed by atoms with Crippen molar-refractivity contribution >= 4 is 23.4 Å². The molecule has 0 fully saturated rings. The first kappa shape index (κ1) is 20.2. The van der Waals surface area contributed by atoms with Crippen LogP contribution in [-0.4, -0.2) is 30.3 Å². The number of carbonyl (C=O) groups is 3. The molecule has 1 aromatic heterocycles. The van der Waals surface area contributed by atoms with Crippen molar-refractivity contribution < 1.29 is 18.8 Å². The highest BCUT2D eigenvalue weighted by Crippen LogP contribution is 2.11. The van der Waals surface area contributed by atoms with E-state index in [0.29, 0.717) is 25.1 Å². The third-order valence-corrected chi connectivity index (χ3v) is 3.66. The summed E-state index contributed by atoms with van der Waals surface area (Å²) in [4.78, 5) is 35.4. The van der Waals surface area contributed by atoms with Gasteiger partial charge in [0, 0.05) is 24.7 Å². The molecule has 0 saturated heterocycles. The van der Waals surface area contributed by atoms with E-state index in [1.807, 2.05) is 26.0 Å². The molecule has 0 aliphatic rings. The quantitative estimate of drug-likeness (QED) is 0.590. The Kier molecular flexibility index (Phi) is 7.61. The molecule has 7 nitrogen and oxygen atoms in total. The van der Waals surface area contributed by atoms with Crippen LogP contribution in [0.2, 0.25) is 0 Å². The standard InChI is InChI=1S/C20H25N3O4/c1-14(2)22-19(25)13-15-7-9-16(10-8-15)23-18(24)6-3-11-21-20(26)17-5-4-12-27-17/h4-5,7-10,12,14H,3,6,11,13H2,1-2H3,(H,21,26)(H,22,25)(H,23,24). The van der Waals surface area contributed by atoms with Crippen molar-refractivity contribution in [1.29, 1.82) is 0 Å². The molecular formula is C20H25N3O4. The molecular weight excluding hydrogens is 346 g/mol. The van der Waals surface area contributed by atoms with Crippen molar-refractivity contribution in [2.75, 3.05) is 11.9 Å². The van der Waals surface area contributed by atoms with E-state index in [1.165, 1.54) is 6.26 Å². The molecule has 2 aromatic rings. The van der Waals surface area contributed by atoms with E-state index in [2.05, 4.69) is 16.0 Å². The fraction of sp³-hybridized carbons (Fsp3) is 0.350. The van der Waals surface area contributed by atoms with Crippen molar-refractivity contribution in [2.24, 2.45) is 0 Å². The zero-order valence-corrected chi connectivity index (χ0v) is 15.6. The van der Waals surface area contributed by atoms with Gasteiger partial charge in [0.2, 0.25) is 11.8 Å². The van der Waals surface area contributed by atoms with Crippen molar-refractivity contribution in [3.8, 4) is 0 Å². The number of rotatable bonds is 9. The highest BCUT2D eigenvalue weighted by Gasteiger charge is 2.09. The normalized spacial score (nSPS) is 10.5. The molecule has 7 heteroatoms. The SMILES string of the molecule is CC(C)NC(=O)Cc1ccc(NC(=O)CCCNC(=O)c2ccco2)cc1. The molecule has 3 N–H and O–H groups in total. The number of nitrogens with one attached hydrogen (secondary N) is 3. The minimum atomic E-state index is -0.294. The maximum atomic E-state index is 12.0. The van der Waals surface area contributed by atoms with E-state index in [9.17, 15) is 14.4 Å². The van der Waals surface area contributed by atoms with Gasteiger partial charge in [0.15, 0.2) is 5.76 Å². The first-order chi connectivity index (χ1) is 12.9. The fourth-order valence-corrected chi connectivity index (χ4v) is 2.43. The number of hydrogen-bond donors (Lipinski definition) is 3. The molecule has 27 heavy (non-hydrogen) atoms. The maximum absolute atomic E-state index is 12.0. The Balaban J connectivity index is 1.68. The van der Waals surface area contributed by atoms with Gasteiger partial charge in [-0.25, -0.2) is 0 Å². The number of furan rings is 1. The van der Waals surface area contributed by atoms with Crippen LogP contribution < -0.4 is 16.0 Å². The number of anilines is 1. The van der Waals surface area contributed by atoms with Crippen LogP contribution in [0.15, 0.2) is 47.1 Å². The highest BCUT2D eigenvalue weighted by atomic mass is 16.3. The summed E-state index contributed by atoms with van der Waals surface area (Å²) in [5, 5.41) is 8.33. The van der Waals surface area contributed by atoms with Crippen LogP contribution in [0.5, 0.6) is 0 Å². The Labute approximate surface area is 158 Å². The predicted octanol–water partition coefficient (Wildman–Crippen LogP) is 2.50. The number of hydrogen-bond acceptors (Lipinski definition) is 4. The molecule has 1 heterocycles. The molecule has 0 radical (unpaired) electrons. The Hall–Kier alpha value is -3.09. The van der Waals surface area contributed by atoms with Gasteiger partial charge in [-0.05, 0) is 50.1 Å². The molecule has 1 aromatic carbocycles. The second-order valence-electron chi connectivity index (χ2n) is 6.48. The van der Waals surface area contributed by atoms with Crippen molar-refractivity contribution in [3.05, 3.63) is 54.0 Å². The minimum absolute atomic E-state index is 0.0293. The zero-order chi connectivity index (χ0) is 19.6. The highest BCUT2D eigenvalue weighted by molar-refractivity contribution is 5.92. The van der Waals surface area contributed by atoms with Crippen molar-refractivity contribution in [1.82, 2.24) is 10.6 Å². The molecule has 0 aliphatic carbocycles. The van der Waals surface area contributed by atoms with E-state index in [0.717, 1.165) is 5.56 Å². The van der Waals surface area contributed by atoms with Crippen LogP contribution in [0.25, 0.3) is 0 Å². The lowest BCUT2D eigenvalue weighted by Gasteiger charge is -2.09. The average molecular weight is 371 g/mol. The van der Waals surface area contributed by atoms with E-state index in [4.69, 9.17) is 4.42 Å². The third kappa shape index (κ3) is 7.35. The Morgan fingerprint density at radius 2 is 1.78 bits per heavy atom. The predicted molar refractivity (Wildman–Crippen MR) is 102 cm³/mol. The lowest BCUT2D eigenvalue weighted by Crippen LogP contribution is -2.31. The summed E-state index contributed by atoms with van der Waals surface area (Å²) in [6.07, 6.45) is 2.55. The number of benzene rings is 1. The van der Waals surface area contributed by atoms with Gasteiger partial charge in [-0.3, -0.25) is 14.4 Å². The molecule has 3 amide bonds. The maximum Gasteiger partial charge on any atom is 0.286 e. The Morgan fingerprint density at radius 1 is 1.04 bits per heavy atom. The number of carbonyl (C=O) groups excluding carboxylic acids is 3. The van der Waals surface area contributed by atoms with Gasteiger partial charge in [-0.1, -0.05) is 12.1 Å². The first-order valence-electron chi connectivity index (χ1n) is 8.94. The van der Waals surface area contributed by atoms with Crippen molar-refractivity contribution in [3.63, 3.8) is 0 Å². The van der Waals surface area contributed by atoms with Gasteiger partial charge in [-0.2, -0.15) is 0 Å². The van der Waals surface area contributed by atoms with Gasteiger partial charge >= 0.3 is 0 Å². The second kappa shape index (κ2) is 10.2. The fourth-order valence-electron chi connectivity index (χ4n) is 2.43. The summed E-state index contributed by atoms with van der Waals surface area (Å²) < 4.78 is 4.99. The first-order valence-corrected chi connectivity index (χ1v) is 8.94. The molecule has 144 valence electrons. The average Bonchev–Trinajstić information content (AvgIpc) is 3.14. The second-order valence-corrected chi connectivity index (χ2v) is 6.48. The smallest absolute Gasteiger partial charge is 0.286 e. The summed E-state index contributed by atoms with van der Waals surface area (Å²) in [6.45, 7) is 4.22. The minimum Gasteiger partial charge on any atom is -0.459 e. The lowest BCUT2D eigenvalue weighted by atomic mass is 10.1. The van der Waals surface area contributed by atoms with E-state index in [-0.39, 0.29) is 35.9 Å². The van der Waals surface area contributed by atoms with Crippen LogP contribution in [-0.2, 0) is 16.0 Å².